The van der Waals surface area contributed by atoms with E-state index in [0.717, 1.165) is 27.1 Å². The predicted molar refractivity (Wildman–Crippen MR) is 75.9 cm³/mol. The van der Waals surface area contributed by atoms with Gasteiger partial charge in [0, 0.05) is 7.05 Å². The van der Waals surface area contributed by atoms with Crippen molar-refractivity contribution in [3.63, 3.8) is 0 Å². The summed E-state index contributed by atoms with van der Waals surface area (Å²) < 4.78 is 5.19. The molecule has 2 rings (SSSR count). The molecule has 1 amide bonds. The highest BCUT2D eigenvalue weighted by Crippen LogP contribution is 2.25. The largest absolute Gasteiger partial charge is 0.497 e. The van der Waals surface area contributed by atoms with Crippen LogP contribution in [0.25, 0.3) is 10.8 Å². The Hall–Kier alpha value is -2.07. The number of hydrogen-bond acceptors (Lipinski definition) is 3. The molecule has 0 aliphatic heterocycles. The molecule has 2 aromatic carbocycles. The lowest BCUT2D eigenvalue weighted by Crippen LogP contribution is -2.36. The summed E-state index contributed by atoms with van der Waals surface area (Å²) in [7, 11) is 3.21. The fraction of sp³-hybridized carbons (Fsp3) is 0.267. The third kappa shape index (κ3) is 2.69. The number of ether oxygens (including phenoxy) is 1. The number of amides is 1. The number of carbonyl (C=O) groups excluding carboxylic acids is 1. The number of nitrogens with zero attached hydrogens (tertiary/aromatic N) is 1. The van der Waals surface area contributed by atoms with Crippen molar-refractivity contribution in [1.82, 2.24) is 5.01 Å². The number of hydrogen-bond donors (Lipinski definition) is 1. The van der Waals surface area contributed by atoms with Crippen LogP contribution in [0, 0.1) is 0 Å². The monoisotopic (exact) mass is 258 g/mol. The molecule has 0 aliphatic rings. The summed E-state index contributed by atoms with van der Waals surface area (Å²) in [5.74, 6) is 5.96. The minimum Gasteiger partial charge on any atom is -0.497 e. The molecule has 2 aromatic rings. The van der Waals surface area contributed by atoms with Crippen LogP contribution < -0.4 is 10.6 Å². The van der Waals surface area contributed by atoms with Crippen molar-refractivity contribution in [2.24, 2.45) is 5.84 Å². The number of nitrogens with two attached hydrogens (primary N) is 1. The molecule has 4 heteroatoms. The molecular weight excluding hydrogens is 240 g/mol. The second-order valence-electron chi connectivity index (χ2n) is 4.64. The van der Waals surface area contributed by atoms with Gasteiger partial charge in [-0.3, -0.25) is 9.80 Å². The fourth-order valence-corrected chi connectivity index (χ4v) is 2.09. The van der Waals surface area contributed by atoms with Crippen LogP contribution in [0.15, 0.2) is 36.4 Å². The molecule has 2 N–H and O–H groups in total. The molecule has 0 fully saturated rings. The molecule has 0 saturated heterocycles. The fourth-order valence-electron chi connectivity index (χ4n) is 2.09. The Labute approximate surface area is 112 Å². The maximum Gasteiger partial charge on any atom is 0.243 e. The van der Waals surface area contributed by atoms with Crippen LogP contribution in [0.3, 0.4) is 0 Å². The van der Waals surface area contributed by atoms with Gasteiger partial charge in [-0.05, 0) is 35.4 Å². The second-order valence-corrected chi connectivity index (χ2v) is 4.64. The van der Waals surface area contributed by atoms with Crippen LogP contribution in [0.2, 0.25) is 0 Å². The third-order valence-electron chi connectivity index (χ3n) is 3.29. The van der Waals surface area contributed by atoms with Crippen LogP contribution in [0.4, 0.5) is 0 Å². The first-order valence-corrected chi connectivity index (χ1v) is 6.13. The van der Waals surface area contributed by atoms with Crippen LogP contribution in [0.5, 0.6) is 5.75 Å². The Bertz CT molecular complexity index is 608. The summed E-state index contributed by atoms with van der Waals surface area (Å²) in [6.45, 7) is 1.86. The molecule has 0 spiro atoms. The molecule has 0 saturated carbocycles. The van der Waals surface area contributed by atoms with Gasteiger partial charge in [0.05, 0.1) is 13.0 Å². The lowest BCUT2D eigenvalue weighted by atomic mass is 9.97. The number of rotatable bonds is 3. The molecule has 0 aliphatic carbocycles. The third-order valence-corrected chi connectivity index (χ3v) is 3.29. The van der Waals surface area contributed by atoms with Gasteiger partial charge in [-0.15, -0.1) is 0 Å². The van der Waals surface area contributed by atoms with Crippen molar-refractivity contribution >= 4 is 16.7 Å². The van der Waals surface area contributed by atoms with Crippen molar-refractivity contribution in [3.05, 3.63) is 42.0 Å². The maximum absolute atomic E-state index is 11.9. The van der Waals surface area contributed by atoms with Crippen molar-refractivity contribution < 1.29 is 9.53 Å². The predicted octanol–water partition coefficient (Wildman–Crippen LogP) is 2.28. The molecule has 1 atom stereocenters. The second kappa shape index (κ2) is 5.28. The van der Waals surface area contributed by atoms with Gasteiger partial charge >= 0.3 is 0 Å². The summed E-state index contributed by atoms with van der Waals surface area (Å²) in [6.07, 6.45) is 0. The van der Waals surface area contributed by atoms with Gasteiger partial charge in [0.2, 0.25) is 5.91 Å². The highest BCUT2D eigenvalue weighted by molar-refractivity contribution is 5.88. The van der Waals surface area contributed by atoms with E-state index in [4.69, 9.17) is 10.6 Å². The number of carbonyl (C=O) groups is 1. The van der Waals surface area contributed by atoms with E-state index in [1.165, 1.54) is 0 Å². The zero-order valence-corrected chi connectivity index (χ0v) is 11.4. The topological polar surface area (TPSA) is 55.6 Å². The van der Waals surface area contributed by atoms with Crippen molar-refractivity contribution in [3.8, 4) is 5.75 Å². The Balaban J connectivity index is 2.39. The quantitative estimate of drug-likeness (QED) is 0.522. The summed E-state index contributed by atoms with van der Waals surface area (Å²) in [5.41, 5.74) is 0.958. The Morgan fingerprint density at radius 1 is 1.21 bits per heavy atom. The smallest absolute Gasteiger partial charge is 0.243 e. The Morgan fingerprint density at radius 3 is 2.47 bits per heavy atom. The van der Waals surface area contributed by atoms with Crippen LogP contribution >= 0.6 is 0 Å². The normalized spacial score (nSPS) is 12.2. The average molecular weight is 258 g/mol. The zero-order chi connectivity index (χ0) is 14.0. The number of benzene rings is 2. The first-order valence-electron chi connectivity index (χ1n) is 6.13. The summed E-state index contributed by atoms with van der Waals surface area (Å²) in [5, 5.41) is 3.30. The highest BCUT2D eigenvalue weighted by Gasteiger charge is 2.17. The number of likely N-dealkylation sites (N-methyl/N-ethyl adjacent to an activating group) is 1. The number of fused-ring (bicyclic) bond motifs is 1. The van der Waals surface area contributed by atoms with E-state index in [9.17, 15) is 4.79 Å². The van der Waals surface area contributed by atoms with Crippen LogP contribution in [-0.4, -0.2) is 25.1 Å². The van der Waals surface area contributed by atoms with Crippen molar-refractivity contribution in [2.75, 3.05) is 14.2 Å². The van der Waals surface area contributed by atoms with E-state index in [-0.39, 0.29) is 11.8 Å². The van der Waals surface area contributed by atoms with Gasteiger partial charge < -0.3 is 4.74 Å². The van der Waals surface area contributed by atoms with Gasteiger partial charge in [-0.2, -0.15) is 0 Å². The minimum atomic E-state index is -0.249. The Kier molecular flexibility index (Phi) is 3.71. The van der Waals surface area contributed by atoms with Gasteiger partial charge in [-0.1, -0.05) is 24.3 Å². The molecule has 0 aromatic heterocycles. The lowest BCUT2D eigenvalue weighted by Gasteiger charge is -2.17. The van der Waals surface area contributed by atoms with E-state index in [1.807, 2.05) is 43.3 Å². The first-order chi connectivity index (χ1) is 9.02. The Morgan fingerprint density at radius 2 is 1.84 bits per heavy atom. The SMILES string of the molecule is COc1ccc2cc(C(C)C(=O)N(C)N)ccc2c1. The average Bonchev–Trinajstić information content (AvgIpc) is 2.44. The van der Waals surface area contributed by atoms with E-state index in [2.05, 4.69) is 0 Å². The van der Waals surface area contributed by atoms with Crippen LogP contribution in [0.1, 0.15) is 18.4 Å². The van der Waals surface area contributed by atoms with Gasteiger partial charge in [-0.25, -0.2) is 5.84 Å². The lowest BCUT2D eigenvalue weighted by molar-refractivity contribution is -0.131. The molecule has 1 unspecified atom stereocenters. The van der Waals surface area contributed by atoms with Crippen molar-refractivity contribution in [2.45, 2.75) is 12.8 Å². The molecule has 0 radical (unpaired) electrons. The molecular formula is C15H18N2O2. The summed E-state index contributed by atoms with van der Waals surface area (Å²) in [6, 6.07) is 11.8. The van der Waals surface area contributed by atoms with Gasteiger partial charge in [0.15, 0.2) is 0 Å². The molecule has 19 heavy (non-hydrogen) atoms. The zero-order valence-electron chi connectivity index (χ0n) is 11.4. The molecule has 0 bridgehead atoms. The highest BCUT2D eigenvalue weighted by atomic mass is 16.5. The molecule has 0 heterocycles. The van der Waals surface area contributed by atoms with E-state index in [1.54, 1.807) is 14.2 Å². The number of hydrazine groups is 1. The van der Waals surface area contributed by atoms with E-state index >= 15 is 0 Å². The minimum absolute atomic E-state index is 0.104. The van der Waals surface area contributed by atoms with E-state index < -0.39 is 0 Å². The van der Waals surface area contributed by atoms with E-state index in [0.29, 0.717) is 0 Å². The van der Waals surface area contributed by atoms with Gasteiger partial charge in [0.1, 0.15) is 5.75 Å². The van der Waals surface area contributed by atoms with Crippen LogP contribution in [-0.2, 0) is 4.79 Å². The summed E-state index contributed by atoms with van der Waals surface area (Å²) in [4.78, 5) is 11.9. The molecule has 100 valence electrons. The van der Waals surface area contributed by atoms with Crippen molar-refractivity contribution in [1.29, 1.82) is 0 Å². The number of methoxy groups -OCH3 is 1. The maximum atomic E-state index is 11.9. The van der Waals surface area contributed by atoms with Gasteiger partial charge in [0.25, 0.3) is 0 Å². The standard InChI is InChI=1S/C15H18N2O2/c1-10(15(18)17(2)16)11-4-5-13-9-14(19-3)7-6-12(13)8-11/h4-10H,16H2,1-3H3. The summed E-state index contributed by atoms with van der Waals surface area (Å²) >= 11 is 0. The molecule has 4 nitrogen and oxygen atoms in total. The first kappa shape index (κ1) is 13.4.